The first-order valence-corrected chi connectivity index (χ1v) is 12.7. The van der Waals surface area contributed by atoms with Gasteiger partial charge in [-0.05, 0) is 54.9 Å². The van der Waals surface area contributed by atoms with E-state index in [9.17, 15) is 4.79 Å². The Kier molecular flexibility index (Phi) is 4.95. The van der Waals surface area contributed by atoms with E-state index in [0.717, 1.165) is 31.6 Å². The summed E-state index contributed by atoms with van der Waals surface area (Å²) in [6.45, 7) is 12.1. The largest absolute Gasteiger partial charge is 0.417 e. The fourth-order valence-corrected chi connectivity index (χ4v) is 5.25. The highest BCUT2D eigenvalue weighted by Gasteiger charge is 2.53. The average molecular weight is 372 g/mol. The number of likely N-dealkylation sites (N-methyl/N-ethyl adjacent to an activating group) is 1. The number of hydrogen-bond donors (Lipinski definition) is 0. The standard InChI is InChI=1S/C22H33NO2Si/c1-21(2,3)26(5,6)25-16-14-17-11-9-10-15-22(17)18-12-7-8-13-19(18)23(4)20(22)24/h7-9,11-13,17H,10,14-16H2,1-6H3/t17-,22-/m0/s1. The molecule has 2 atom stereocenters. The molecule has 2 aliphatic rings. The van der Waals surface area contributed by atoms with Gasteiger partial charge in [0.15, 0.2) is 8.32 Å². The smallest absolute Gasteiger partial charge is 0.238 e. The van der Waals surface area contributed by atoms with Crippen LogP contribution in [-0.4, -0.2) is 27.9 Å². The van der Waals surface area contributed by atoms with Gasteiger partial charge in [0, 0.05) is 19.3 Å². The molecular formula is C22H33NO2Si. The van der Waals surface area contributed by atoms with Gasteiger partial charge in [-0.1, -0.05) is 51.1 Å². The Morgan fingerprint density at radius 2 is 1.96 bits per heavy atom. The average Bonchev–Trinajstić information content (AvgIpc) is 2.79. The van der Waals surface area contributed by atoms with Gasteiger partial charge in [0.25, 0.3) is 0 Å². The zero-order valence-corrected chi connectivity index (χ0v) is 18.1. The summed E-state index contributed by atoms with van der Waals surface area (Å²) in [7, 11) is 0.152. The normalized spacial score (nSPS) is 25.8. The third kappa shape index (κ3) is 2.97. The summed E-state index contributed by atoms with van der Waals surface area (Å²) in [5.41, 5.74) is 1.87. The molecule has 1 amide bonds. The summed E-state index contributed by atoms with van der Waals surface area (Å²) in [6.07, 6.45) is 7.28. The maximum Gasteiger partial charge on any atom is 0.238 e. The minimum Gasteiger partial charge on any atom is -0.417 e. The van der Waals surface area contributed by atoms with E-state index in [4.69, 9.17) is 4.43 Å². The molecule has 3 rings (SSSR count). The van der Waals surface area contributed by atoms with Crippen molar-refractivity contribution in [2.75, 3.05) is 18.6 Å². The molecule has 0 unspecified atom stereocenters. The summed E-state index contributed by atoms with van der Waals surface area (Å²) in [6, 6.07) is 8.31. The SMILES string of the molecule is CN1C(=O)[C@]2(CCC=C[C@H]2CCO[Si](C)(C)C(C)(C)C)c2ccccc21. The highest BCUT2D eigenvalue weighted by molar-refractivity contribution is 6.74. The molecule has 0 N–H and O–H groups in total. The van der Waals surface area contributed by atoms with Crippen LogP contribution in [0.5, 0.6) is 0 Å². The Balaban J connectivity index is 1.85. The van der Waals surface area contributed by atoms with Crippen LogP contribution in [-0.2, 0) is 14.6 Å². The van der Waals surface area contributed by atoms with Gasteiger partial charge in [0.2, 0.25) is 5.91 Å². The summed E-state index contributed by atoms with van der Waals surface area (Å²) >= 11 is 0. The van der Waals surface area contributed by atoms with E-state index in [1.54, 1.807) is 0 Å². The highest BCUT2D eigenvalue weighted by atomic mass is 28.4. The number of para-hydroxylation sites is 1. The van der Waals surface area contributed by atoms with E-state index in [0.29, 0.717) is 0 Å². The van der Waals surface area contributed by atoms with Crippen molar-refractivity contribution in [2.24, 2.45) is 5.92 Å². The summed E-state index contributed by atoms with van der Waals surface area (Å²) < 4.78 is 6.43. The number of hydrogen-bond acceptors (Lipinski definition) is 2. The topological polar surface area (TPSA) is 29.5 Å². The first-order valence-electron chi connectivity index (χ1n) is 9.79. The van der Waals surface area contributed by atoms with E-state index in [2.05, 4.69) is 64.2 Å². The molecule has 0 saturated carbocycles. The van der Waals surface area contributed by atoms with Crippen LogP contribution in [0.25, 0.3) is 0 Å². The lowest BCUT2D eigenvalue weighted by atomic mass is 9.64. The molecule has 0 bridgehead atoms. The van der Waals surface area contributed by atoms with Gasteiger partial charge in [0.05, 0.1) is 5.41 Å². The van der Waals surface area contributed by atoms with Crippen LogP contribution in [0.3, 0.4) is 0 Å². The third-order valence-corrected chi connectivity index (χ3v) is 11.4. The number of fused-ring (bicyclic) bond motifs is 2. The number of carbonyl (C=O) groups excluding carboxylic acids is 1. The number of amides is 1. The molecule has 0 radical (unpaired) electrons. The fourth-order valence-electron chi connectivity index (χ4n) is 4.19. The lowest BCUT2D eigenvalue weighted by molar-refractivity contribution is -0.124. The lowest BCUT2D eigenvalue weighted by Crippen LogP contribution is -2.46. The Hall–Kier alpha value is -1.39. The maximum atomic E-state index is 13.3. The second-order valence-corrected chi connectivity index (χ2v) is 14.1. The van der Waals surface area contributed by atoms with Crippen molar-refractivity contribution in [3.05, 3.63) is 42.0 Å². The van der Waals surface area contributed by atoms with Crippen molar-refractivity contribution in [3.63, 3.8) is 0 Å². The van der Waals surface area contributed by atoms with E-state index in [1.165, 1.54) is 5.56 Å². The van der Waals surface area contributed by atoms with Gasteiger partial charge in [-0.3, -0.25) is 4.79 Å². The minimum atomic E-state index is -1.76. The predicted molar refractivity (Wildman–Crippen MR) is 111 cm³/mol. The number of carbonyl (C=O) groups is 1. The molecule has 1 aromatic carbocycles. The van der Waals surface area contributed by atoms with Gasteiger partial charge >= 0.3 is 0 Å². The lowest BCUT2D eigenvalue weighted by Gasteiger charge is -2.39. The maximum absolute atomic E-state index is 13.3. The van der Waals surface area contributed by atoms with Crippen LogP contribution in [0.4, 0.5) is 5.69 Å². The number of nitrogens with zero attached hydrogens (tertiary/aromatic N) is 1. The van der Waals surface area contributed by atoms with Gasteiger partial charge in [-0.2, -0.15) is 0 Å². The van der Waals surface area contributed by atoms with E-state index in [1.807, 2.05) is 18.0 Å². The molecule has 0 aromatic heterocycles. The summed E-state index contributed by atoms with van der Waals surface area (Å²) in [5, 5.41) is 0.211. The molecule has 26 heavy (non-hydrogen) atoms. The second kappa shape index (κ2) is 6.65. The Morgan fingerprint density at radius 1 is 1.27 bits per heavy atom. The first kappa shape index (κ1) is 19.4. The van der Waals surface area contributed by atoms with E-state index < -0.39 is 13.7 Å². The Labute approximate surface area is 159 Å². The van der Waals surface area contributed by atoms with E-state index >= 15 is 0 Å². The van der Waals surface area contributed by atoms with Crippen LogP contribution >= 0.6 is 0 Å². The molecule has 3 nitrogen and oxygen atoms in total. The summed E-state index contributed by atoms with van der Waals surface area (Å²) in [5.74, 6) is 0.458. The van der Waals surface area contributed by atoms with Crippen LogP contribution in [0.1, 0.15) is 45.6 Å². The molecule has 142 valence electrons. The van der Waals surface area contributed by atoms with E-state index in [-0.39, 0.29) is 16.9 Å². The zero-order valence-electron chi connectivity index (χ0n) is 17.1. The van der Waals surface area contributed by atoms with Gasteiger partial charge in [0.1, 0.15) is 0 Å². The molecular weight excluding hydrogens is 338 g/mol. The molecule has 0 saturated heterocycles. The molecule has 0 fully saturated rings. The van der Waals surface area contributed by atoms with Crippen LogP contribution in [0.15, 0.2) is 36.4 Å². The molecule has 1 aliphatic carbocycles. The number of anilines is 1. The van der Waals surface area contributed by atoms with Crippen molar-refractivity contribution in [2.45, 2.75) is 63.6 Å². The molecule has 1 spiro atoms. The van der Waals surface area contributed by atoms with Gasteiger partial charge < -0.3 is 9.33 Å². The monoisotopic (exact) mass is 371 g/mol. The molecule has 1 aromatic rings. The van der Waals surface area contributed by atoms with Gasteiger partial charge in [-0.25, -0.2) is 0 Å². The minimum absolute atomic E-state index is 0.208. The van der Waals surface area contributed by atoms with Crippen molar-refractivity contribution in [3.8, 4) is 0 Å². The van der Waals surface area contributed by atoms with Crippen LogP contribution in [0.2, 0.25) is 18.1 Å². The molecule has 1 heterocycles. The summed E-state index contributed by atoms with van der Waals surface area (Å²) in [4.78, 5) is 15.2. The Morgan fingerprint density at radius 3 is 2.65 bits per heavy atom. The van der Waals surface area contributed by atoms with Crippen molar-refractivity contribution in [1.82, 2.24) is 0 Å². The predicted octanol–water partition coefficient (Wildman–Crippen LogP) is 5.28. The number of allylic oxidation sites excluding steroid dienone is 2. The highest BCUT2D eigenvalue weighted by Crippen LogP contribution is 2.51. The number of rotatable bonds is 4. The van der Waals surface area contributed by atoms with Gasteiger partial charge in [-0.15, -0.1) is 0 Å². The number of benzene rings is 1. The van der Waals surface area contributed by atoms with Crippen LogP contribution in [0, 0.1) is 5.92 Å². The Bertz CT molecular complexity index is 719. The van der Waals surface area contributed by atoms with Crippen molar-refractivity contribution in [1.29, 1.82) is 0 Å². The second-order valence-electron chi connectivity index (χ2n) is 9.32. The third-order valence-electron chi connectivity index (χ3n) is 6.84. The first-order chi connectivity index (χ1) is 12.1. The van der Waals surface area contributed by atoms with Crippen LogP contribution < -0.4 is 4.90 Å². The quantitative estimate of drug-likeness (QED) is 0.532. The molecule has 4 heteroatoms. The zero-order chi connectivity index (χ0) is 19.2. The van der Waals surface area contributed by atoms with Crippen molar-refractivity contribution < 1.29 is 9.22 Å². The fraction of sp³-hybridized carbons (Fsp3) is 0.591. The molecule has 1 aliphatic heterocycles. The van der Waals surface area contributed by atoms with Crippen molar-refractivity contribution >= 4 is 19.9 Å².